The van der Waals surface area contributed by atoms with Crippen LogP contribution in [0.2, 0.25) is 0 Å². The molecule has 2 atom stereocenters. The number of rotatable bonds is 2. The minimum Gasteiger partial charge on any atom is -0.632 e. The molecular formula is C14H19N2O4. The van der Waals surface area contributed by atoms with Gasteiger partial charge in [0.05, 0.1) is 5.56 Å². The van der Waals surface area contributed by atoms with Gasteiger partial charge in [-0.05, 0) is 39.8 Å². The van der Waals surface area contributed by atoms with E-state index < -0.39 is 23.2 Å². The third kappa shape index (κ3) is 1.92. The number of quaternary nitrogens is 1. The number of hydrogen-bond acceptors (Lipinski definition) is 3. The fourth-order valence-electron chi connectivity index (χ4n) is 2.44. The number of carboxylic acid groups (broad SMARTS) is 1. The molecule has 0 bridgehead atoms. The summed E-state index contributed by atoms with van der Waals surface area (Å²) in [6.45, 7) is 7.05. The predicted octanol–water partition coefficient (Wildman–Crippen LogP) is 0.984. The van der Waals surface area contributed by atoms with E-state index in [4.69, 9.17) is 5.11 Å². The van der Waals surface area contributed by atoms with Gasteiger partial charge in [-0.15, -0.1) is 5.21 Å². The Morgan fingerprint density at radius 2 is 1.75 bits per heavy atom. The maximum Gasteiger partial charge on any atom is 0.335 e. The summed E-state index contributed by atoms with van der Waals surface area (Å²) in [7, 11) is 0. The van der Waals surface area contributed by atoms with Gasteiger partial charge >= 0.3 is 5.97 Å². The lowest BCUT2D eigenvalue weighted by molar-refractivity contribution is -0.926. The summed E-state index contributed by atoms with van der Waals surface area (Å²) in [6.07, 6.45) is -0.872. The van der Waals surface area contributed by atoms with Crippen LogP contribution in [0.1, 0.15) is 49.8 Å². The Labute approximate surface area is 117 Å². The standard InChI is InChI=1S/C14H19N2O4/c1-13(2)14(3,4)16(20)11(15(13)19)9-5-7-10(8-6-9)12(17)18/h5-8,11,15H,1-4H3,(H,17,18). The summed E-state index contributed by atoms with van der Waals surface area (Å²) in [5, 5.41) is 34.5. The third-order valence-electron chi connectivity index (χ3n) is 4.65. The van der Waals surface area contributed by atoms with Crippen molar-refractivity contribution in [2.24, 2.45) is 0 Å². The fourth-order valence-corrected chi connectivity index (χ4v) is 2.44. The van der Waals surface area contributed by atoms with E-state index in [1.54, 1.807) is 27.7 Å². The van der Waals surface area contributed by atoms with Crippen molar-refractivity contribution in [3.05, 3.63) is 40.6 Å². The van der Waals surface area contributed by atoms with Gasteiger partial charge < -0.3 is 15.4 Å². The largest absolute Gasteiger partial charge is 0.632 e. The summed E-state index contributed by atoms with van der Waals surface area (Å²) >= 11 is 0. The lowest BCUT2D eigenvalue weighted by Gasteiger charge is -2.38. The van der Waals surface area contributed by atoms with E-state index in [1.165, 1.54) is 24.3 Å². The number of carboxylic acids is 1. The Balaban J connectivity index is 2.40. The van der Waals surface area contributed by atoms with E-state index in [9.17, 15) is 15.2 Å². The molecule has 0 amide bonds. The van der Waals surface area contributed by atoms with E-state index in [0.717, 1.165) is 5.06 Å². The SMILES string of the molecule is CC1(C)N([O])C(c2ccc(C(=O)O)cc2)[NH+]([O-])C1(C)C. The number of nitrogens with one attached hydrogen (secondary N) is 1. The van der Waals surface area contributed by atoms with Gasteiger partial charge in [0.2, 0.25) is 0 Å². The quantitative estimate of drug-likeness (QED) is 0.790. The fraction of sp³-hybridized carbons (Fsp3) is 0.500. The normalized spacial score (nSPS) is 28.5. The van der Waals surface area contributed by atoms with Crippen molar-refractivity contribution in [2.75, 3.05) is 0 Å². The summed E-state index contributed by atoms with van der Waals surface area (Å²) in [5.41, 5.74) is -0.894. The number of hydroxylamine groups is 4. The van der Waals surface area contributed by atoms with Crippen molar-refractivity contribution in [3.63, 3.8) is 0 Å². The number of hydrogen-bond donors (Lipinski definition) is 2. The van der Waals surface area contributed by atoms with Crippen LogP contribution in [-0.2, 0) is 5.21 Å². The second kappa shape index (κ2) is 4.53. The van der Waals surface area contributed by atoms with Gasteiger partial charge in [-0.3, -0.25) is 0 Å². The van der Waals surface area contributed by atoms with Gasteiger partial charge in [-0.25, -0.2) is 4.79 Å². The van der Waals surface area contributed by atoms with Crippen molar-refractivity contribution in [3.8, 4) is 0 Å². The van der Waals surface area contributed by atoms with Crippen LogP contribution in [0.4, 0.5) is 0 Å². The maximum atomic E-state index is 12.5. The molecule has 1 saturated heterocycles. The summed E-state index contributed by atoms with van der Waals surface area (Å²) < 4.78 is 0. The first-order valence-corrected chi connectivity index (χ1v) is 6.44. The van der Waals surface area contributed by atoms with Crippen LogP contribution in [0.15, 0.2) is 24.3 Å². The lowest BCUT2D eigenvalue weighted by Crippen LogP contribution is -3.14. The smallest absolute Gasteiger partial charge is 0.335 e. The van der Waals surface area contributed by atoms with Crippen molar-refractivity contribution in [1.82, 2.24) is 5.06 Å². The Morgan fingerprint density at radius 3 is 2.10 bits per heavy atom. The second-order valence-electron chi connectivity index (χ2n) is 6.20. The molecule has 1 aromatic carbocycles. The molecule has 0 saturated carbocycles. The lowest BCUT2D eigenvalue weighted by atomic mass is 9.84. The third-order valence-corrected chi connectivity index (χ3v) is 4.65. The zero-order chi connectivity index (χ0) is 15.3. The van der Waals surface area contributed by atoms with Gasteiger partial charge in [0.1, 0.15) is 11.1 Å². The monoisotopic (exact) mass is 279 g/mol. The van der Waals surface area contributed by atoms with Crippen molar-refractivity contribution < 1.29 is 20.2 Å². The summed E-state index contributed by atoms with van der Waals surface area (Å²) in [5.74, 6) is -1.03. The molecule has 20 heavy (non-hydrogen) atoms. The molecule has 0 aromatic heterocycles. The number of aromatic carboxylic acids is 1. The van der Waals surface area contributed by atoms with E-state index in [-0.39, 0.29) is 10.6 Å². The maximum absolute atomic E-state index is 12.5. The van der Waals surface area contributed by atoms with E-state index in [0.29, 0.717) is 5.56 Å². The van der Waals surface area contributed by atoms with E-state index in [2.05, 4.69) is 0 Å². The average molecular weight is 279 g/mol. The van der Waals surface area contributed by atoms with Crippen LogP contribution in [0, 0.1) is 5.21 Å². The van der Waals surface area contributed by atoms with Crippen molar-refractivity contribution in [1.29, 1.82) is 0 Å². The molecule has 1 aliphatic heterocycles. The molecule has 2 N–H and O–H groups in total. The van der Waals surface area contributed by atoms with Crippen LogP contribution < -0.4 is 5.06 Å². The molecule has 2 unspecified atom stereocenters. The highest BCUT2D eigenvalue weighted by atomic mass is 16.6. The molecule has 1 fully saturated rings. The van der Waals surface area contributed by atoms with Crippen LogP contribution in [-0.4, -0.2) is 27.2 Å². The molecule has 1 aromatic rings. The highest BCUT2D eigenvalue weighted by Gasteiger charge is 2.60. The van der Waals surface area contributed by atoms with Gasteiger partial charge in [-0.2, -0.15) is 0 Å². The van der Waals surface area contributed by atoms with Crippen molar-refractivity contribution >= 4 is 5.97 Å². The first kappa shape index (κ1) is 14.9. The second-order valence-corrected chi connectivity index (χ2v) is 6.20. The molecule has 0 aliphatic carbocycles. The molecular weight excluding hydrogens is 260 g/mol. The zero-order valence-electron chi connectivity index (χ0n) is 12.0. The summed E-state index contributed by atoms with van der Waals surface area (Å²) in [6, 6.07) is 5.90. The molecule has 1 radical (unpaired) electrons. The predicted molar refractivity (Wildman–Crippen MR) is 71.2 cm³/mol. The van der Waals surface area contributed by atoms with E-state index in [1.807, 2.05) is 0 Å². The minimum atomic E-state index is -1.03. The Hall–Kier alpha value is -1.47. The van der Waals surface area contributed by atoms with Gasteiger partial charge in [-0.1, -0.05) is 17.2 Å². The molecule has 1 heterocycles. The molecule has 6 nitrogen and oxygen atoms in total. The molecule has 0 spiro atoms. The van der Waals surface area contributed by atoms with Gasteiger partial charge in [0.25, 0.3) is 0 Å². The molecule has 6 heteroatoms. The van der Waals surface area contributed by atoms with Crippen molar-refractivity contribution in [2.45, 2.75) is 44.9 Å². The number of benzene rings is 1. The Bertz CT molecular complexity index is 504. The van der Waals surface area contributed by atoms with E-state index >= 15 is 0 Å². The van der Waals surface area contributed by atoms with Crippen LogP contribution in [0.3, 0.4) is 0 Å². The molecule has 1 aliphatic rings. The van der Waals surface area contributed by atoms with Crippen LogP contribution >= 0.6 is 0 Å². The first-order chi connectivity index (χ1) is 9.10. The highest BCUT2D eigenvalue weighted by Crippen LogP contribution is 2.36. The number of carbonyl (C=O) groups is 1. The zero-order valence-corrected chi connectivity index (χ0v) is 12.0. The summed E-state index contributed by atoms with van der Waals surface area (Å²) in [4.78, 5) is 10.8. The first-order valence-electron chi connectivity index (χ1n) is 6.44. The number of nitrogens with zero attached hydrogens (tertiary/aromatic N) is 1. The van der Waals surface area contributed by atoms with Crippen LogP contribution in [0.25, 0.3) is 0 Å². The Morgan fingerprint density at radius 1 is 1.25 bits per heavy atom. The Kier molecular flexibility index (Phi) is 3.38. The minimum absolute atomic E-state index is 0.134. The molecule has 2 rings (SSSR count). The van der Waals surface area contributed by atoms with Gasteiger partial charge in [0, 0.05) is 5.56 Å². The van der Waals surface area contributed by atoms with Crippen LogP contribution in [0.5, 0.6) is 0 Å². The topological polar surface area (TPSA) is 87.9 Å². The van der Waals surface area contributed by atoms with Gasteiger partial charge in [0.15, 0.2) is 6.17 Å². The molecule has 109 valence electrons. The highest BCUT2D eigenvalue weighted by molar-refractivity contribution is 5.87. The average Bonchev–Trinajstić information content (AvgIpc) is 2.49.